The van der Waals surface area contributed by atoms with Gasteiger partial charge < -0.3 is 9.64 Å². The molecule has 0 atom stereocenters. The second kappa shape index (κ2) is 6.75. The number of carbonyl (C=O) groups is 2. The molecule has 6 nitrogen and oxygen atoms in total. The van der Waals surface area contributed by atoms with E-state index < -0.39 is 6.03 Å². The van der Waals surface area contributed by atoms with Crippen LogP contribution in [0.3, 0.4) is 0 Å². The molecule has 23 heavy (non-hydrogen) atoms. The number of hydrogen-bond donors (Lipinski definition) is 0. The van der Waals surface area contributed by atoms with Crippen molar-refractivity contribution in [2.75, 3.05) is 37.7 Å². The standard InChI is InChI=1S/C17H19N3O3/c1-2-7-20-16(21)15(18-17(20)22)12-13-3-5-14(6-4-13)19-8-10-23-11-9-19/h2-6H,1,7-12H2. The van der Waals surface area contributed by atoms with E-state index in [-0.39, 0.29) is 18.2 Å². The van der Waals surface area contributed by atoms with E-state index in [4.69, 9.17) is 4.74 Å². The Labute approximate surface area is 135 Å². The van der Waals surface area contributed by atoms with Gasteiger partial charge in [-0.1, -0.05) is 18.2 Å². The van der Waals surface area contributed by atoms with E-state index in [1.165, 1.54) is 6.08 Å². The van der Waals surface area contributed by atoms with Gasteiger partial charge in [0.25, 0.3) is 5.91 Å². The molecule has 2 aliphatic heterocycles. The van der Waals surface area contributed by atoms with Crippen molar-refractivity contribution in [1.29, 1.82) is 0 Å². The maximum Gasteiger partial charge on any atom is 0.351 e. The van der Waals surface area contributed by atoms with E-state index in [0.717, 1.165) is 42.5 Å². The molecule has 0 bridgehead atoms. The molecule has 0 aromatic heterocycles. The van der Waals surface area contributed by atoms with Gasteiger partial charge in [-0.3, -0.25) is 9.69 Å². The third-order valence-electron chi connectivity index (χ3n) is 3.95. The molecule has 6 heteroatoms. The van der Waals surface area contributed by atoms with E-state index in [1.807, 2.05) is 24.3 Å². The molecule has 0 unspecified atom stereocenters. The van der Waals surface area contributed by atoms with Crippen molar-refractivity contribution in [1.82, 2.24) is 4.90 Å². The van der Waals surface area contributed by atoms with Gasteiger partial charge in [-0.2, -0.15) is 4.99 Å². The average Bonchev–Trinajstić information content (AvgIpc) is 2.84. The van der Waals surface area contributed by atoms with E-state index in [9.17, 15) is 9.59 Å². The highest BCUT2D eigenvalue weighted by molar-refractivity contribution is 6.46. The smallest absolute Gasteiger partial charge is 0.351 e. The zero-order valence-corrected chi connectivity index (χ0v) is 12.9. The van der Waals surface area contributed by atoms with Gasteiger partial charge in [0.15, 0.2) is 0 Å². The highest BCUT2D eigenvalue weighted by atomic mass is 16.5. The lowest BCUT2D eigenvalue weighted by molar-refractivity contribution is -0.120. The summed E-state index contributed by atoms with van der Waals surface area (Å²) in [5.41, 5.74) is 2.39. The zero-order valence-electron chi connectivity index (χ0n) is 12.9. The summed E-state index contributed by atoms with van der Waals surface area (Å²) >= 11 is 0. The Kier molecular flexibility index (Phi) is 4.52. The van der Waals surface area contributed by atoms with Crippen LogP contribution in [-0.2, 0) is 16.0 Å². The Balaban J connectivity index is 1.66. The van der Waals surface area contributed by atoms with Crippen molar-refractivity contribution in [3.05, 3.63) is 42.5 Å². The highest BCUT2D eigenvalue weighted by Crippen LogP contribution is 2.18. The number of carbonyl (C=O) groups excluding carboxylic acids is 2. The number of nitrogens with zero attached hydrogens (tertiary/aromatic N) is 3. The molecule has 1 fully saturated rings. The summed E-state index contributed by atoms with van der Waals surface area (Å²) < 4.78 is 5.35. The monoisotopic (exact) mass is 313 g/mol. The van der Waals surface area contributed by atoms with Crippen LogP contribution in [0.2, 0.25) is 0 Å². The first-order chi connectivity index (χ1) is 11.2. The number of hydrogen-bond acceptors (Lipinski definition) is 4. The lowest BCUT2D eigenvalue weighted by atomic mass is 10.1. The predicted octanol–water partition coefficient (Wildman–Crippen LogP) is 1.65. The third kappa shape index (κ3) is 3.32. The molecule has 2 heterocycles. The van der Waals surface area contributed by atoms with Crippen molar-refractivity contribution < 1.29 is 14.3 Å². The van der Waals surface area contributed by atoms with Crippen LogP contribution in [0, 0.1) is 0 Å². The van der Waals surface area contributed by atoms with Crippen LogP contribution in [0.25, 0.3) is 0 Å². The zero-order chi connectivity index (χ0) is 16.2. The summed E-state index contributed by atoms with van der Waals surface area (Å²) in [7, 11) is 0. The first kappa shape index (κ1) is 15.4. The van der Waals surface area contributed by atoms with Crippen molar-refractivity contribution in [2.45, 2.75) is 6.42 Å². The minimum absolute atomic E-state index is 0.195. The van der Waals surface area contributed by atoms with Gasteiger partial charge in [-0.15, -0.1) is 6.58 Å². The van der Waals surface area contributed by atoms with Gasteiger partial charge >= 0.3 is 6.03 Å². The van der Waals surface area contributed by atoms with Crippen molar-refractivity contribution in [3.8, 4) is 0 Å². The fourth-order valence-corrected chi connectivity index (χ4v) is 2.71. The Bertz CT molecular complexity index is 646. The number of ether oxygens (including phenoxy) is 1. The van der Waals surface area contributed by atoms with Crippen molar-refractivity contribution in [3.63, 3.8) is 0 Å². The Hall–Kier alpha value is -2.47. The number of imide groups is 1. The first-order valence-electron chi connectivity index (χ1n) is 7.65. The summed E-state index contributed by atoms with van der Waals surface area (Å²) in [6.07, 6.45) is 1.88. The summed E-state index contributed by atoms with van der Waals surface area (Å²) in [5.74, 6) is -0.327. The largest absolute Gasteiger partial charge is 0.378 e. The van der Waals surface area contributed by atoms with E-state index in [0.29, 0.717) is 6.42 Å². The normalized spacial score (nSPS) is 18.3. The molecule has 0 aliphatic carbocycles. The number of aliphatic imine (C=N–C) groups is 1. The Morgan fingerprint density at radius 1 is 1.17 bits per heavy atom. The quantitative estimate of drug-likeness (QED) is 0.776. The van der Waals surface area contributed by atoms with Crippen LogP contribution >= 0.6 is 0 Å². The van der Waals surface area contributed by atoms with Crippen LogP contribution in [0.1, 0.15) is 5.56 Å². The summed E-state index contributed by atoms with van der Waals surface area (Å²) in [4.78, 5) is 31.0. The molecule has 1 aromatic carbocycles. The number of rotatable bonds is 5. The molecule has 3 rings (SSSR count). The summed E-state index contributed by atoms with van der Waals surface area (Å²) in [5, 5.41) is 0. The van der Waals surface area contributed by atoms with Crippen molar-refractivity contribution in [2.24, 2.45) is 4.99 Å². The maximum atomic E-state index is 12.1. The Morgan fingerprint density at radius 2 is 1.87 bits per heavy atom. The predicted molar refractivity (Wildman–Crippen MR) is 87.9 cm³/mol. The first-order valence-corrected chi connectivity index (χ1v) is 7.65. The van der Waals surface area contributed by atoms with Crippen LogP contribution < -0.4 is 4.90 Å². The van der Waals surface area contributed by atoms with Gasteiger partial charge in [-0.25, -0.2) is 4.79 Å². The number of amides is 3. The van der Waals surface area contributed by atoms with Crippen molar-refractivity contribution >= 4 is 23.3 Å². The molecule has 1 saturated heterocycles. The minimum Gasteiger partial charge on any atom is -0.378 e. The second-order valence-corrected chi connectivity index (χ2v) is 5.49. The van der Waals surface area contributed by atoms with Gasteiger partial charge in [0.1, 0.15) is 5.71 Å². The SMILES string of the molecule is C=CCN1C(=O)N=C(Cc2ccc(N3CCOCC3)cc2)C1=O. The molecule has 2 aliphatic rings. The number of urea groups is 1. The molecular formula is C17H19N3O3. The number of morpholine rings is 1. The van der Waals surface area contributed by atoms with E-state index in [1.54, 1.807) is 0 Å². The Morgan fingerprint density at radius 3 is 2.52 bits per heavy atom. The topological polar surface area (TPSA) is 62.2 Å². The maximum absolute atomic E-state index is 12.1. The van der Waals surface area contributed by atoms with Gasteiger partial charge in [0.05, 0.1) is 13.2 Å². The molecule has 120 valence electrons. The van der Waals surface area contributed by atoms with E-state index >= 15 is 0 Å². The lowest BCUT2D eigenvalue weighted by Crippen LogP contribution is -2.36. The van der Waals surface area contributed by atoms with Crippen LogP contribution in [0.15, 0.2) is 41.9 Å². The second-order valence-electron chi connectivity index (χ2n) is 5.49. The average molecular weight is 313 g/mol. The summed E-state index contributed by atoms with van der Waals surface area (Å²) in [6.45, 7) is 7.00. The molecule has 1 aromatic rings. The minimum atomic E-state index is -0.505. The molecule has 0 saturated carbocycles. The molecular weight excluding hydrogens is 294 g/mol. The fourth-order valence-electron chi connectivity index (χ4n) is 2.71. The number of benzene rings is 1. The fraction of sp³-hybridized carbons (Fsp3) is 0.353. The highest BCUT2D eigenvalue weighted by Gasteiger charge is 2.31. The van der Waals surface area contributed by atoms with Gasteiger partial charge in [-0.05, 0) is 17.7 Å². The molecule has 0 spiro atoms. The van der Waals surface area contributed by atoms with Gasteiger partial charge in [0, 0.05) is 31.7 Å². The van der Waals surface area contributed by atoms with E-state index in [2.05, 4.69) is 16.5 Å². The third-order valence-corrected chi connectivity index (χ3v) is 3.95. The lowest BCUT2D eigenvalue weighted by Gasteiger charge is -2.28. The molecule has 0 radical (unpaired) electrons. The van der Waals surface area contributed by atoms with Crippen LogP contribution in [-0.4, -0.2) is 55.4 Å². The van der Waals surface area contributed by atoms with Crippen LogP contribution in [0.4, 0.5) is 10.5 Å². The van der Waals surface area contributed by atoms with Gasteiger partial charge in [0.2, 0.25) is 0 Å². The van der Waals surface area contributed by atoms with Crippen LogP contribution in [0.5, 0.6) is 0 Å². The summed E-state index contributed by atoms with van der Waals surface area (Å²) in [6, 6.07) is 7.51. The number of anilines is 1. The molecule has 0 N–H and O–H groups in total. The molecule has 3 amide bonds.